The van der Waals surface area contributed by atoms with Gasteiger partial charge in [-0.1, -0.05) is 44.4 Å². The summed E-state index contributed by atoms with van der Waals surface area (Å²) in [5, 5.41) is 2.40. The molecule has 0 N–H and O–H groups in total. The normalized spacial score (nSPS) is 11.1. The Hall–Kier alpha value is -3.67. The molecule has 0 spiro atoms. The molecule has 0 saturated carbocycles. The first-order chi connectivity index (χ1) is 17.1. The number of benzene rings is 3. The number of fused-ring (bicyclic) bond motifs is 3. The Labute approximate surface area is 205 Å². The van der Waals surface area contributed by atoms with Crippen molar-refractivity contribution in [3.05, 3.63) is 70.1 Å². The predicted octanol–water partition coefficient (Wildman–Crippen LogP) is 6.67. The smallest absolute Gasteiger partial charge is 0.344 e. The van der Waals surface area contributed by atoms with Crippen LogP contribution >= 0.6 is 0 Å². The van der Waals surface area contributed by atoms with Crippen LogP contribution in [0.5, 0.6) is 23.0 Å². The number of aryl methyl sites for hydroxylation is 1. The average molecular weight is 477 g/mol. The number of rotatable bonds is 11. The molecule has 0 fully saturated rings. The Morgan fingerprint density at radius 3 is 2.14 bits per heavy atom. The highest BCUT2D eigenvalue weighted by molar-refractivity contribution is 6.04. The van der Waals surface area contributed by atoms with Gasteiger partial charge in [0.15, 0.2) is 11.5 Å². The zero-order chi connectivity index (χ0) is 24.8. The van der Waals surface area contributed by atoms with Crippen LogP contribution in [0.2, 0.25) is 0 Å². The van der Waals surface area contributed by atoms with Crippen molar-refractivity contribution < 1.29 is 23.4 Å². The van der Waals surface area contributed by atoms with E-state index < -0.39 is 0 Å². The zero-order valence-electron chi connectivity index (χ0n) is 20.8. The van der Waals surface area contributed by atoms with E-state index in [1.54, 1.807) is 27.4 Å². The molecule has 4 aromatic rings. The summed E-state index contributed by atoms with van der Waals surface area (Å²) in [6.07, 6.45) is 5.49. The fourth-order valence-corrected chi connectivity index (χ4v) is 4.40. The Bertz CT molecular complexity index is 1350. The summed E-state index contributed by atoms with van der Waals surface area (Å²) in [7, 11) is 4.76. The summed E-state index contributed by atoms with van der Waals surface area (Å²) in [6, 6.07) is 15.3. The van der Waals surface area contributed by atoms with Gasteiger partial charge in [0.2, 0.25) is 5.75 Å². The molecule has 1 heterocycles. The molecular weight excluding hydrogens is 444 g/mol. The van der Waals surface area contributed by atoms with Crippen molar-refractivity contribution in [3.63, 3.8) is 0 Å². The van der Waals surface area contributed by atoms with Gasteiger partial charge in [-0.2, -0.15) is 0 Å². The lowest BCUT2D eigenvalue weighted by Crippen LogP contribution is -2.03. The summed E-state index contributed by atoms with van der Waals surface area (Å²) in [5.41, 5.74) is 2.14. The topological polar surface area (TPSA) is 67.1 Å². The third kappa shape index (κ3) is 5.21. The number of hydrogen-bond acceptors (Lipinski definition) is 6. The van der Waals surface area contributed by atoms with Gasteiger partial charge in [-0.05, 0) is 53.6 Å². The van der Waals surface area contributed by atoms with Crippen LogP contribution < -0.4 is 24.6 Å². The lowest BCUT2D eigenvalue weighted by atomic mass is 10.0. The maximum absolute atomic E-state index is 12.6. The van der Waals surface area contributed by atoms with E-state index in [0.717, 1.165) is 41.2 Å². The van der Waals surface area contributed by atoms with Crippen LogP contribution in [0.15, 0.2) is 57.7 Å². The maximum Gasteiger partial charge on any atom is 0.344 e. The van der Waals surface area contributed by atoms with Gasteiger partial charge in [0.25, 0.3) is 0 Å². The highest BCUT2D eigenvalue weighted by Crippen LogP contribution is 2.39. The minimum absolute atomic E-state index is 0.294. The quantitative estimate of drug-likeness (QED) is 0.137. The highest BCUT2D eigenvalue weighted by atomic mass is 16.5. The summed E-state index contributed by atoms with van der Waals surface area (Å²) < 4.78 is 28.3. The summed E-state index contributed by atoms with van der Waals surface area (Å²) in [5.74, 6) is 2.39. The van der Waals surface area contributed by atoms with Crippen LogP contribution in [0.1, 0.15) is 43.7 Å². The molecule has 0 aliphatic carbocycles. The molecule has 0 atom stereocenters. The van der Waals surface area contributed by atoms with Gasteiger partial charge in [-0.3, -0.25) is 0 Å². The lowest BCUT2D eigenvalue weighted by molar-refractivity contribution is 0.295. The second-order valence-corrected chi connectivity index (χ2v) is 8.52. The first-order valence-corrected chi connectivity index (χ1v) is 12.0. The van der Waals surface area contributed by atoms with Gasteiger partial charge in [0, 0.05) is 11.5 Å². The molecule has 0 radical (unpaired) electrons. The fraction of sp³-hybridized carbons (Fsp3) is 0.345. The lowest BCUT2D eigenvalue weighted by Gasteiger charge is -2.16. The Morgan fingerprint density at radius 1 is 0.771 bits per heavy atom. The third-order valence-electron chi connectivity index (χ3n) is 6.22. The largest absolute Gasteiger partial charge is 0.493 e. The molecule has 0 amide bonds. The van der Waals surface area contributed by atoms with Gasteiger partial charge in [-0.25, -0.2) is 4.79 Å². The molecule has 6 heteroatoms. The Kier molecular flexibility index (Phi) is 7.80. The minimum Gasteiger partial charge on any atom is -0.493 e. The van der Waals surface area contributed by atoms with Crippen molar-refractivity contribution >= 4 is 21.7 Å². The van der Waals surface area contributed by atoms with Crippen molar-refractivity contribution in [2.45, 2.75) is 45.6 Å². The van der Waals surface area contributed by atoms with Crippen LogP contribution in [0.4, 0.5) is 0 Å². The van der Waals surface area contributed by atoms with E-state index in [1.807, 2.05) is 36.4 Å². The second-order valence-electron chi connectivity index (χ2n) is 8.52. The van der Waals surface area contributed by atoms with E-state index in [9.17, 15) is 4.79 Å². The van der Waals surface area contributed by atoms with Crippen LogP contribution in [0.25, 0.3) is 21.7 Å². The molecule has 1 aromatic heterocycles. The van der Waals surface area contributed by atoms with E-state index in [4.69, 9.17) is 23.4 Å². The van der Waals surface area contributed by atoms with E-state index in [2.05, 4.69) is 13.0 Å². The molecule has 4 rings (SSSR count). The zero-order valence-corrected chi connectivity index (χ0v) is 20.8. The fourth-order valence-electron chi connectivity index (χ4n) is 4.40. The van der Waals surface area contributed by atoms with Gasteiger partial charge < -0.3 is 23.4 Å². The maximum atomic E-state index is 12.6. The minimum atomic E-state index is -0.348. The van der Waals surface area contributed by atoms with Crippen LogP contribution in [-0.4, -0.2) is 21.3 Å². The predicted molar refractivity (Wildman–Crippen MR) is 138 cm³/mol. The molecule has 3 aromatic carbocycles. The first kappa shape index (κ1) is 24.5. The van der Waals surface area contributed by atoms with Gasteiger partial charge in [0.1, 0.15) is 17.9 Å². The Balaban J connectivity index is 1.72. The van der Waals surface area contributed by atoms with Crippen LogP contribution in [0, 0.1) is 0 Å². The molecule has 184 valence electrons. The van der Waals surface area contributed by atoms with Crippen molar-refractivity contribution in [1.29, 1.82) is 0 Å². The second kappa shape index (κ2) is 11.2. The van der Waals surface area contributed by atoms with Crippen molar-refractivity contribution in [2.24, 2.45) is 0 Å². The van der Waals surface area contributed by atoms with Crippen LogP contribution in [0.3, 0.4) is 0 Å². The summed E-state index contributed by atoms with van der Waals surface area (Å²) in [6.45, 7) is 2.50. The van der Waals surface area contributed by atoms with E-state index >= 15 is 0 Å². The van der Waals surface area contributed by atoms with Gasteiger partial charge in [0.05, 0.1) is 26.7 Å². The molecule has 6 nitrogen and oxygen atoms in total. The van der Waals surface area contributed by atoms with E-state index in [0.29, 0.717) is 40.6 Å². The average Bonchev–Trinajstić information content (AvgIpc) is 2.89. The number of methoxy groups -OCH3 is 3. The van der Waals surface area contributed by atoms with Crippen molar-refractivity contribution in [3.8, 4) is 23.0 Å². The van der Waals surface area contributed by atoms with Crippen molar-refractivity contribution in [2.75, 3.05) is 21.3 Å². The molecule has 0 aliphatic heterocycles. The molecule has 0 saturated heterocycles. The van der Waals surface area contributed by atoms with E-state index in [1.165, 1.54) is 12.8 Å². The van der Waals surface area contributed by atoms with Crippen LogP contribution in [-0.2, 0) is 13.0 Å². The monoisotopic (exact) mass is 476 g/mol. The van der Waals surface area contributed by atoms with Crippen molar-refractivity contribution in [1.82, 2.24) is 0 Å². The number of ether oxygens (including phenoxy) is 4. The summed E-state index contributed by atoms with van der Waals surface area (Å²) in [4.78, 5) is 12.6. The molecule has 0 bridgehead atoms. The molecular formula is C29H32O6. The Morgan fingerprint density at radius 2 is 1.49 bits per heavy atom. The third-order valence-corrected chi connectivity index (χ3v) is 6.22. The number of hydrogen-bond donors (Lipinski definition) is 0. The summed E-state index contributed by atoms with van der Waals surface area (Å²) >= 11 is 0. The molecule has 0 aliphatic rings. The SMILES string of the molecule is CCCCCCc1cc2c(cc1OCc1cc(OC)c(OC)c(OC)c1)oc(=O)c1ccccc12. The van der Waals surface area contributed by atoms with Gasteiger partial charge >= 0.3 is 5.63 Å². The molecule has 0 unspecified atom stereocenters. The first-order valence-electron chi connectivity index (χ1n) is 12.0. The number of unbranched alkanes of at least 4 members (excludes halogenated alkanes) is 3. The standard InChI is InChI=1S/C29H32O6/c1-5-6-7-8-11-20-16-23-21-12-9-10-13-22(21)29(30)35-25(23)17-24(20)34-18-19-14-26(31-2)28(33-4)27(15-19)32-3/h9-10,12-17H,5-8,11,18H2,1-4H3. The van der Waals surface area contributed by atoms with E-state index in [-0.39, 0.29) is 5.63 Å². The molecule has 35 heavy (non-hydrogen) atoms. The highest BCUT2D eigenvalue weighted by Gasteiger charge is 2.16. The van der Waals surface area contributed by atoms with Gasteiger partial charge in [-0.15, -0.1) is 0 Å².